The Hall–Kier alpha value is -4.57. The SMILES string of the molecule is C=CCN(C(=O)OC(C)(C)C)c1nc(OCc2ccccc2)c2cc(C=O)c(-[n+]3ccc(OC)cc3)nc2n1.[Cl-]. The second kappa shape index (κ2) is 13.0. The molecule has 40 heavy (non-hydrogen) atoms. The molecular weight excluding hydrogens is 534 g/mol. The first-order valence-electron chi connectivity index (χ1n) is 12.2. The maximum absolute atomic E-state index is 13.1. The Bertz CT molecular complexity index is 1490. The lowest BCUT2D eigenvalue weighted by Gasteiger charge is -2.25. The fourth-order valence-corrected chi connectivity index (χ4v) is 3.65. The summed E-state index contributed by atoms with van der Waals surface area (Å²) in [5, 5.41) is 0.414. The lowest BCUT2D eigenvalue weighted by atomic mass is 10.2. The van der Waals surface area contributed by atoms with E-state index >= 15 is 0 Å². The van der Waals surface area contributed by atoms with E-state index in [0.29, 0.717) is 28.8 Å². The fourth-order valence-electron chi connectivity index (χ4n) is 3.65. The van der Waals surface area contributed by atoms with Crippen molar-refractivity contribution in [1.29, 1.82) is 0 Å². The van der Waals surface area contributed by atoms with Gasteiger partial charge in [0.1, 0.15) is 28.9 Å². The predicted molar refractivity (Wildman–Crippen MR) is 145 cm³/mol. The normalized spacial score (nSPS) is 10.8. The van der Waals surface area contributed by atoms with Crippen molar-refractivity contribution in [2.24, 2.45) is 0 Å². The van der Waals surface area contributed by atoms with Crippen LogP contribution >= 0.6 is 0 Å². The molecule has 0 saturated carbocycles. The van der Waals surface area contributed by atoms with Crippen LogP contribution in [0.3, 0.4) is 0 Å². The van der Waals surface area contributed by atoms with Gasteiger partial charge >= 0.3 is 11.9 Å². The summed E-state index contributed by atoms with van der Waals surface area (Å²) in [4.78, 5) is 40.2. The highest BCUT2D eigenvalue weighted by Crippen LogP contribution is 2.28. The van der Waals surface area contributed by atoms with Gasteiger partial charge in [-0.1, -0.05) is 36.4 Å². The van der Waals surface area contributed by atoms with Crippen LogP contribution in [-0.4, -0.2) is 46.6 Å². The Morgan fingerprint density at radius 3 is 2.38 bits per heavy atom. The molecule has 0 N–H and O–H groups in total. The number of pyridine rings is 2. The zero-order valence-electron chi connectivity index (χ0n) is 22.7. The van der Waals surface area contributed by atoms with Gasteiger partial charge in [-0.15, -0.1) is 6.58 Å². The summed E-state index contributed by atoms with van der Waals surface area (Å²) in [7, 11) is 1.57. The summed E-state index contributed by atoms with van der Waals surface area (Å²) in [6.07, 6.45) is 5.05. The number of ether oxygens (including phenoxy) is 3. The number of amides is 1. The van der Waals surface area contributed by atoms with E-state index in [1.807, 2.05) is 30.3 Å². The largest absolute Gasteiger partial charge is 1.00 e. The predicted octanol–water partition coefficient (Wildman–Crippen LogP) is 1.63. The Labute approximate surface area is 238 Å². The van der Waals surface area contributed by atoms with Gasteiger partial charge in [0.05, 0.1) is 26.0 Å². The molecule has 1 aromatic carbocycles. The molecular formula is C29H30ClN5O5. The van der Waals surface area contributed by atoms with Crippen molar-refractivity contribution < 1.29 is 40.8 Å². The van der Waals surface area contributed by atoms with Crippen LogP contribution < -0.4 is 31.3 Å². The smallest absolute Gasteiger partial charge is 0.417 e. The molecule has 0 fully saturated rings. The highest BCUT2D eigenvalue weighted by molar-refractivity contribution is 5.92. The fraction of sp³-hybridized carbons (Fsp3) is 0.241. The molecule has 4 rings (SSSR count). The average Bonchev–Trinajstić information content (AvgIpc) is 2.93. The van der Waals surface area contributed by atoms with Crippen LogP contribution in [0.2, 0.25) is 0 Å². The Morgan fingerprint density at radius 1 is 1.07 bits per heavy atom. The summed E-state index contributed by atoms with van der Waals surface area (Å²) in [6.45, 7) is 9.35. The van der Waals surface area contributed by atoms with Crippen molar-refractivity contribution in [2.75, 3.05) is 18.6 Å². The first kappa shape index (κ1) is 30.0. The van der Waals surface area contributed by atoms with Gasteiger partial charge < -0.3 is 26.6 Å². The maximum atomic E-state index is 13.1. The Kier molecular flexibility index (Phi) is 9.73. The van der Waals surface area contributed by atoms with Crippen molar-refractivity contribution in [2.45, 2.75) is 33.0 Å². The van der Waals surface area contributed by atoms with Crippen LogP contribution in [0.15, 0.2) is 73.6 Å². The number of carbonyl (C=O) groups excluding carboxylic acids is 2. The molecule has 0 atom stereocenters. The minimum Gasteiger partial charge on any atom is -1.00 e. The van der Waals surface area contributed by atoms with Crippen LogP contribution in [0.5, 0.6) is 11.6 Å². The summed E-state index contributed by atoms with van der Waals surface area (Å²) in [6, 6.07) is 14.7. The minimum absolute atomic E-state index is 0. The van der Waals surface area contributed by atoms with Gasteiger partial charge in [0, 0.05) is 12.1 Å². The van der Waals surface area contributed by atoms with Crippen LogP contribution in [0, 0.1) is 0 Å². The van der Waals surface area contributed by atoms with Gasteiger partial charge in [-0.25, -0.2) is 14.3 Å². The lowest BCUT2D eigenvalue weighted by Crippen LogP contribution is -3.00. The van der Waals surface area contributed by atoms with Crippen molar-refractivity contribution in [3.8, 4) is 17.4 Å². The van der Waals surface area contributed by atoms with Crippen molar-refractivity contribution in [3.05, 3.63) is 84.7 Å². The number of aromatic nitrogens is 4. The summed E-state index contributed by atoms with van der Waals surface area (Å²) in [5.41, 5.74) is 0.697. The number of fused-ring (bicyclic) bond motifs is 1. The number of nitrogens with zero attached hydrogens (tertiary/aromatic N) is 5. The van der Waals surface area contributed by atoms with E-state index in [9.17, 15) is 9.59 Å². The monoisotopic (exact) mass is 563 g/mol. The second-order valence-electron chi connectivity index (χ2n) is 9.52. The van der Waals surface area contributed by atoms with E-state index < -0.39 is 11.7 Å². The first-order valence-corrected chi connectivity index (χ1v) is 12.2. The quantitative estimate of drug-likeness (QED) is 0.172. The summed E-state index contributed by atoms with van der Waals surface area (Å²) >= 11 is 0. The number of hydrogen-bond donors (Lipinski definition) is 0. The number of carbonyl (C=O) groups is 2. The van der Waals surface area contributed by atoms with Crippen LogP contribution in [0.25, 0.3) is 16.9 Å². The number of rotatable bonds is 9. The molecule has 0 saturated heterocycles. The molecule has 3 heterocycles. The van der Waals surface area contributed by atoms with Crippen molar-refractivity contribution in [3.63, 3.8) is 0 Å². The zero-order chi connectivity index (χ0) is 28.0. The van der Waals surface area contributed by atoms with Crippen LogP contribution in [0.1, 0.15) is 36.7 Å². The highest BCUT2D eigenvalue weighted by atomic mass is 35.5. The molecule has 0 radical (unpaired) electrons. The topological polar surface area (TPSA) is 108 Å². The molecule has 0 bridgehead atoms. The van der Waals surface area contributed by atoms with Crippen LogP contribution in [-0.2, 0) is 11.3 Å². The molecule has 0 unspecified atom stereocenters. The maximum Gasteiger partial charge on any atom is 0.417 e. The van der Waals surface area contributed by atoms with E-state index in [-0.39, 0.29) is 43.0 Å². The van der Waals surface area contributed by atoms with E-state index in [2.05, 4.69) is 21.5 Å². The average molecular weight is 564 g/mol. The second-order valence-corrected chi connectivity index (χ2v) is 9.52. The molecule has 11 heteroatoms. The number of aldehydes is 1. The van der Waals surface area contributed by atoms with E-state index in [4.69, 9.17) is 14.2 Å². The molecule has 3 aromatic heterocycles. The van der Waals surface area contributed by atoms with Gasteiger partial charge in [-0.05, 0) is 37.4 Å². The molecule has 0 aliphatic rings. The lowest BCUT2D eigenvalue weighted by molar-refractivity contribution is -0.599. The van der Waals surface area contributed by atoms with Crippen LogP contribution in [0.4, 0.5) is 10.7 Å². The minimum atomic E-state index is -0.741. The van der Waals surface area contributed by atoms with Gasteiger partial charge in [-0.3, -0.25) is 4.79 Å². The van der Waals surface area contributed by atoms with Gasteiger partial charge in [0.15, 0.2) is 6.29 Å². The third-order valence-corrected chi connectivity index (χ3v) is 5.44. The van der Waals surface area contributed by atoms with Gasteiger partial charge in [0.25, 0.3) is 5.65 Å². The van der Waals surface area contributed by atoms with Gasteiger partial charge in [-0.2, -0.15) is 9.97 Å². The highest BCUT2D eigenvalue weighted by Gasteiger charge is 2.28. The number of anilines is 1. The molecule has 0 aliphatic carbocycles. The van der Waals surface area contributed by atoms with Crippen molar-refractivity contribution in [1.82, 2.24) is 15.0 Å². The molecule has 4 aromatic rings. The molecule has 0 aliphatic heterocycles. The molecule has 1 amide bonds. The third kappa shape index (κ3) is 7.09. The van der Waals surface area contributed by atoms with E-state index in [0.717, 1.165) is 5.56 Å². The molecule has 0 spiro atoms. The van der Waals surface area contributed by atoms with E-state index in [1.165, 1.54) is 4.90 Å². The number of methoxy groups -OCH3 is 1. The Balaban J connectivity index is 0.00000441. The standard InChI is InChI=1S/C29H30N5O5.ClH/c1-6-14-34(28(36)39-29(2,3)4)27-31-24-23(26(32-27)38-19-20-10-8-7-9-11-20)17-21(18-35)25(30-24)33-15-12-22(37-5)13-16-33;/h6-13,15-18H,1,14,19H2,2-5H3;1H/q+1;/p-1. The number of benzene rings is 1. The molecule has 208 valence electrons. The Morgan fingerprint density at radius 2 is 1.77 bits per heavy atom. The van der Waals surface area contributed by atoms with Gasteiger partial charge in [0.2, 0.25) is 11.8 Å². The third-order valence-electron chi connectivity index (χ3n) is 5.44. The molecule has 10 nitrogen and oxygen atoms in total. The summed E-state index contributed by atoms with van der Waals surface area (Å²) in [5.74, 6) is 1.18. The number of hydrogen-bond acceptors (Lipinski definition) is 8. The first-order chi connectivity index (χ1) is 18.7. The van der Waals surface area contributed by atoms with Crippen molar-refractivity contribution >= 4 is 29.4 Å². The van der Waals surface area contributed by atoms with E-state index in [1.54, 1.807) is 69.1 Å². The summed E-state index contributed by atoms with van der Waals surface area (Å²) < 4.78 is 18.6. The number of halogens is 1. The zero-order valence-corrected chi connectivity index (χ0v) is 23.5.